The number of aliphatic hydroxyl groups is 1. The second kappa shape index (κ2) is 8.26. The number of hydrogen-bond donors (Lipinski definition) is 3. The predicted molar refractivity (Wildman–Crippen MR) is 80.2 cm³/mol. The highest BCUT2D eigenvalue weighted by molar-refractivity contribution is 5.89. The Balaban J connectivity index is 2.58. The number of nitrogens with one attached hydrogen (secondary N) is 2. The second-order valence-electron chi connectivity index (χ2n) is 4.73. The van der Waals surface area contributed by atoms with E-state index in [2.05, 4.69) is 10.6 Å². The molecule has 0 spiro atoms. The van der Waals surface area contributed by atoms with E-state index in [4.69, 9.17) is 4.74 Å². The van der Waals surface area contributed by atoms with Crippen molar-refractivity contribution in [2.75, 3.05) is 18.5 Å². The minimum atomic E-state index is -0.666. The number of anilines is 1. The fourth-order valence-electron chi connectivity index (χ4n) is 1.77. The molecule has 0 aliphatic heterocycles. The fraction of sp³-hybridized carbons (Fsp3) is 0.467. The van der Waals surface area contributed by atoms with Crippen LogP contribution >= 0.6 is 0 Å². The third kappa shape index (κ3) is 5.83. The van der Waals surface area contributed by atoms with Crippen LogP contribution in [-0.2, 0) is 9.53 Å². The zero-order valence-corrected chi connectivity index (χ0v) is 12.6. The summed E-state index contributed by atoms with van der Waals surface area (Å²) in [5.41, 5.74) is 1.27. The first-order chi connectivity index (χ1) is 9.93. The van der Waals surface area contributed by atoms with Gasteiger partial charge in [0.05, 0.1) is 24.3 Å². The molecule has 6 heteroatoms. The van der Waals surface area contributed by atoms with Crippen molar-refractivity contribution in [1.29, 1.82) is 0 Å². The Kier molecular flexibility index (Phi) is 6.68. The Bertz CT molecular complexity index is 471. The number of ether oxygens (including phenoxy) is 1. The third-order valence-electron chi connectivity index (χ3n) is 2.89. The molecule has 0 heterocycles. The van der Waals surface area contributed by atoms with E-state index in [0.29, 0.717) is 18.7 Å². The lowest BCUT2D eigenvalue weighted by molar-refractivity contribution is -0.120. The van der Waals surface area contributed by atoms with Gasteiger partial charge in [0.2, 0.25) is 5.91 Å². The van der Waals surface area contributed by atoms with E-state index in [-0.39, 0.29) is 17.9 Å². The first-order valence-electron chi connectivity index (χ1n) is 6.90. The quantitative estimate of drug-likeness (QED) is 0.657. The van der Waals surface area contributed by atoms with Gasteiger partial charge in [0.1, 0.15) is 0 Å². The molecule has 1 rings (SSSR count). The number of carbonyl (C=O) groups excluding carboxylic acids is 2. The van der Waals surface area contributed by atoms with Crippen LogP contribution in [-0.4, -0.2) is 42.3 Å². The van der Waals surface area contributed by atoms with Crippen LogP contribution in [0.3, 0.4) is 0 Å². The number of benzene rings is 1. The molecule has 0 bridgehead atoms. The Morgan fingerprint density at radius 1 is 1.29 bits per heavy atom. The Morgan fingerprint density at radius 3 is 2.38 bits per heavy atom. The van der Waals surface area contributed by atoms with E-state index in [9.17, 15) is 14.7 Å². The van der Waals surface area contributed by atoms with E-state index in [1.807, 2.05) is 0 Å². The number of rotatable bonds is 7. The molecule has 0 saturated carbocycles. The van der Waals surface area contributed by atoms with Crippen molar-refractivity contribution in [3.05, 3.63) is 29.8 Å². The Labute approximate surface area is 124 Å². The lowest BCUT2D eigenvalue weighted by atomic mass is 10.1. The number of carbonyl (C=O) groups is 2. The molecule has 0 saturated heterocycles. The third-order valence-corrected chi connectivity index (χ3v) is 2.89. The molecule has 0 aliphatic carbocycles. The first-order valence-corrected chi connectivity index (χ1v) is 6.90. The summed E-state index contributed by atoms with van der Waals surface area (Å²) < 4.78 is 4.90. The van der Waals surface area contributed by atoms with Crippen LogP contribution in [0.5, 0.6) is 0 Å². The Hall–Kier alpha value is -2.08. The monoisotopic (exact) mass is 294 g/mol. The highest BCUT2D eigenvalue weighted by Gasteiger charge is 2.15. The first kappa shape index (κ1) is 17.0. The summed E-state index contributed by atoms with van der Waals surface area (Å²) >= 11 is 0. The number of esters is 1. The van der Waals surface area contributed by atoms with Gasteiger partial charge in [-0.2, -0.15) is 0 Å². The van der Waals surface area contributed by atoms with Crippen molar-refractivity contribution in [3.63, 3.8) is 0 Å². The van der Waals surface area contributed by atoms with Crippen LogP contribution in [0.15, 0.2) is 24.3 Å². The summed E-state index contributed by atoms with van der Waals surface area (Å²) in [6.07, 6.45) is -0.666. The van der Waals surface area contributed by atoms with Crippen LogP contribution in [0.2, 0.25) is 0 Å². The van der Waals surface area contributed by atoms with Crippen LogP contribution in [0.4, 0.5) is 5.69 Å². The van der Waals surface area contributed by atoms with Gasteiger partial charge in [0, 0.05) is 19.2 Å². The molecule has 0 aliphatic rings. The molecule has 1 aromatic carbocycles. The van der Waals surface area contributed by atoms with E-state index >= 15 is 0 Å². The van der Waals surface area contributed by atoms with Gasteiger partial charge in [-0.3, -0.25) is 4.79 Å². The van der Waals surface area contributed by atoms with Crippen LogP contribution < -0.4 is 10.6 Å². The van der Waals surface area contributed by atoms with Crippen molar-refractivity contribution in [2.45, 2.75) is 32.9 Å². The van der Waals surface area contributed by atoms with Gasteiger partial charge in [0.25, 0.3) is 0 Å². The van der Waals surface area contributed by atoms with Gasteiger partial charge < -0.3 is 20.5 Å². The maximum atomic E-state index is 11.5. The van der Waals surface area contributed by atoms with E-state index in [1.54, 1.807) is 38.1 Å². The van der Waals surface area contributed by atoms with Gasteiger partial charge in [-0.25, -0.2) is 4.79 Å². The van der Waals surface area contributed by atoms with E-state index in [0.717, 1.165) is 5.69 Å². The lowest BCUT2D eigenvalue weighted by Gasteiger charge is -2.21. The SMILES string of the molecule is CCOC(=O)c1ccc(NCC(NC(C)=O)C(C)O)cc1. The maximum Gasteiger partial charge on any atom is 0.338 e. The standard InChI is InChI=1S/C15H22N2O4/c1-4-21-15(20)12-5-7-13(8-6-12)16-9-14(10(2)18)17-11(3)19/h5-8,10,14,16,18H,4,9H2,1-3H3,(H,17,19). The van der Waals surface area contributed by atoms with Crippen molar-refractivity contribution in [2.24, 2.45) is 0 Å². The molecule has 21 heavy (non-hydrogen) atoms. The normalized spacial score (nSPS) is 13.1. The molecule has 0 radical (unpaired) electrons. The summed E-state index contributed by atoms with van der Waals surface area (Å²) in [5.74, 6) is -0.551. The summed E-state index contributed by atoms with van der Waals surface area (Å²) in [4.78, 5) is 22.6. The van der Waals surface area contributed by atoms with Crippen molar-refractivity contribution in [3.8, 4) is 0 Å². The minimum absolute atomic E-state index is 0.194. The number of aliphatic hydroxyl groups excluding tert-OH is 1. The van der Waals surface area contributed by atoms with Crippen LogP contribution in [0.1, 0.15) is 31.1 Å². The molecule has 0 fully saturated rings. The van der Waals surface area contributed by atoms with Crippen molar-refractivity contribution >= 4 is 17.6 Å². The summed E-state index contributed by atoms with van der Waals surface area (Å²) in [7, 11) is 0. The smallest absolute Gasteiger partial charge is 0.338 e. The molecule has 6 nitrogen and oxygen atoms in total. The van der Waals surface area contributed by atoms with Crippen molar-refractivity contribution in [1.82, 2.24) is 5.32 Å². The minimum Gasteiger partial charge on any atom is -0.462 e. The van der Waals surface area contributed by atoms with Crippen molar-refractivity contribution < 1.29 is 19.4 Å². The highest BCUT2D eigenvalue weighted by atomic mass is 16.5. The lowest BCUT2D eigenvalue weighted by Crippen LogP contribution is -2.45. The molecule has 116 valence electrons. The number of amides is 1. The summed E-state index contributed by atoms with van der Waals surface area (Å²) in [6.45, 7) is 5.50. The average molecular weight is 294 g/mol. The zero-order chi connectivity index (χ0) is 15.8. The fourth-order valence-corrected chi connectivity index (χ4v) is 1.77. The zero-order valence-electron chi connectivity index (χ0n) is 12.6. The van der Waals surface area contributed by atoms with Gasteiger partial charge >= 0.3 is 5.97 Å². The highest BCUT2D eigenvalue weighted by Crippen LogP contribution is 2.11. The van der Waals surface area contributed by atoms with Crippen LogP contribution in [0.25, 0.3) is 0 Å². The predicted octanol–water partition coefficient (Wildman–Crippen LogP) is 1.16. The van der Waals surface area contributed by atoms with Gasteiger partial charge in [-0.05, 0) is 38.1 Å². The molecular weight excluding hydrogens is 272 g/mol. The molecule has 0 aromatic heterocycles. The topological polar surface area (TPSA) is 87.7 Å². The Morgan fingerprint density at radius 2 is 1.90 bits per heavy atom. The summed E-state index contributed by atoms with van der Waals surface area (Å²) in [6, 6.07) is 6.44. The molecule has 1 aromatic rings. The molecule has 2 atom stereocenters. The molecule has 1 amide bonds. The second-order valence-corrected chi connectivity index (χ2v) is 4.73. The van der Waals surface area contributed by atoms with Crippen LogP contribution in [0, 0.1) is 0 Å². The maximum absolute atomic E-state index is 11.5. The largest absolute Gasteiger partial charge is 0.462 e. The molecule has 2 unspecified atom stereocenters. The number of hydrogen-bond acceptors (Lipinski definition) is 5. The van der Waals surface area contributed by atoms with E-state index < -0.39 is 6.10 Å². The van der Waals surface area contributed by atoms with E-state index in [1.165, 1.54) is 6.92 Å². The van der Waals surface area contributed by atoms with Gasteiger partial charge in [-0.15, -0.1) is 0 Å². The molecule has 3 N–H and O–H groups in total. The molecular formula is C15H22N2O4. The summed E-state index contributed by atoms with van der Waals surface area (Å²) in [5, 5.41) is 15.4. The van der Waals surface area contributed by atoms with Gasteiger partial charge in [0.15, 0.2) is 0 Å². The average Bonchev–Trinajstić information content (AvgIpc) is 2.43. The van der Waals surface area contributed by atoms with Gasteiger partial charge in [-0.1, -0.05) is 0 Å².